The van der Waals surface area contributed by atoms with Crippen LogP contribution in [0.25, 0.3) is 0 Å². The first-order chi connectivity index (χ1) is 15.0. The van der Waals surface area contributed by atoms with Crippen molar-refractivity contribution in [2.45, 2.75) is 78.2 Å². The van der Waals surface area contributed by atoms with Gasteiger partial charge in [0.1, 0.15) is 6.54 Å². The molecule has 8 atom stereocenters. The molecule has 0 amide bonds. The van der Waals surface area contributed by atoms with Gasteiger partial charge in [-0.3, -0.25) is 4.79 Å². The minimum absolute atomic E-state index is 0.0514. The number of rotatable bonds is 6. The predicted molar refractivity (Wildman–Crippen MR) is 127 cm³/mol. The van der Waals surface area contributed by atoms with Crippen LogP contribution in [0.4, 0.5) is 0 Å². The molecule has 3 fully saturated rings. The Morgan fingerprint density at radius 1 is 1.12 bits per heavy atom. The summed E-state index contributed by atoms with van der Waals surface area (Å²) in [5.41, 5.74) is 0.257. The van der Waals surface area contributed by atoms with Crippen molar-refractivity contribution in [2.75, 3.05) is 13.2 Å². The maximum atomic E-state index is 13.3. The quantitative estimate of drug-likeness (QED) is 0.369. The third kappa shape index (κ3) is 3.87. The molecule has 4 aliphatic rings. The van der Waals surface area contributed by atoms with E-state index in [1.807, 2.05) is 6.92 Å². The summed E-state index contributed by atoms with van der Waals surface area (Å²) in [6, 6.07) is 0. The highest BCUT2D eigenvalue weighted by atomic mass is 16.3. The molecule has 32 heavy (non-hydrogen) atoms. The van der Waals surface area contributed by atoms with Gasteiger partial charge in [0, 0.05) is 12.6 Å². The van der Waals surface area contributed by atoms with Crippen molar-refractivity contribution in [1.82, 2.24) is 5.12 Å². The van der Waals surface area contributed by atoms with Crippen molar-refractivity contribution in [3.05, 3.63) is 12.2 Å². The Balaban J connectivity index is 1.50. The highest BCUT2D eigenvalue weighted by molar-refractivity contribution is 5.87. The number of hydrogen-bond acceptors (Lipinski definition) is 6. The molecule has 0 radical (unpaired) electrons. The van der Waals surface area contributed by atoms with Crippen molar-refractivity contribution < 1.29 is 15.0 Å². The standard InChI is InChI=1S/C26H41N3O3/c1-17(16-30)28-29(27-5)15-23(31)22-9-8-20-19-7-6-18-14-24(2,32)12-13-25(18,3)21(19)10-11-26(20,22)4/h8-9,18-22,30,32H,5-7,10-16H2,1-4H3/b28-17+/t18-,19+,20+,21+,22-,24-,25+,26+/m1/s1. The molecule has 0 spiro atoms. The van der Waals surface area contributed by atoms with Gasteiger partial charge in [0.05, 0.1) is 17.9 Å². The van der Waals surface area contributed by atoms with E-state index >= 15 is 0 Å². The Kier molecular flexibility index (Phi) is 6.17. The van der Waals surface area contributed by atoms with E-state index in [2.05, 4.69) is 42.9 Å². The minimum atomic E-state index is -0.507. The largest absolute Gasteiger partial charge is 0.390 e. The summed E-state index contributed by atoms with van der Waals surface area (Å²) in [5.74, 6) is 2.34. The molecule has 4 rings (SSSR count). The second-order valence-corrected chi connectivity index (χ2v) is 11.8. The molecule has 0 heterocycles. The monoisotopic (exact) mass is 443 g/mol. The number of Topliss-reactive ketones (excluding diaryl/α,β-unsaturated/α-hetero) is 1. The van der Waals surface area contributed by atoms with Crippen LogP contribution >= 0.6 is 0 Å². The summed E-state index contributed by atoms with van der Waals surface area (Å²) < 4.78 is 0. The molecule has 0 aromatic carbocycles. The molecule has 3 saturated carbocycles. The van der Waals surface area contributed by atoms with Crippen molar-refractivity contribution >= 4 is 18.2 Å². The fraction of sp³-hybridized carbons (Fsp3) is 0.808. The first-order valence-corrected chi connectivity index (χ1v) is 12.4. The van der Waals surface area contributed by atoms with Crippen LogP contribution in [0.5, 0.6) is 0 Å². The third-order valence-corrected chi connectivity index (χ3v) is 9.79. The summed E-state index contributed by atoms with van der Waals surface area (Å²) in [6.07, 6.45) is 12.1. The number of hydrazone groups is 2. The molecular weight excluding hydrogens is 402 g/mol. The average molecular weight is 444 g/mol. The lowest BCUT2D eigenvalue weighted by Gasteiger charge is -2.61. The topological polar surface area (TPSA) is 85.5 Å². The van der Waals surface area contributed by atoms with Crippen LogP contribution in [0, 0.1) is 40.4 Å². The Morgan fingerprint density at radius 2 is 1.88 bits per heavy atom. The van der Waals surface area contributed by atoms with Crippen molar-refractivity contribution in [2.24, 2.45) is 50.6 Å². The predicted octanol–water partition coefficient (Wildman–Crippen LogP) is 4.03. The molecule has 4 aliphatic carbocycles. The number of ketones is 1. The van der Waals surface area contributed by atoms with Gasteiger partial charge in [-0.15, -0.1) is 0 Å². The minimum Gasteiger partial charge on any atom is -0.390 e. The van der Waals surface area contributed by atoms with Crippen LogP contribution in [0.2, 0.25) is 0 Å². The van der Waals surface area contributed by atoms with Crippen molar-refractivity contribution in [1.29, 1.82) is 0 Å². The van der Waals surface area contributed by atoms with Gasteiger partial charge < -0.3 is 10.2 Å². The zero-order valence-electron chi connectivity index (χ0n) is 20.3. The fourth-order valence-corrected chi connectivity index (χ4v) is 7.94. The second-order valence-electron chi connectivity index (χ2n) is 11.8. The maximum absolute atomic E-state index is 13.3. The zero-order chi connectivity index (χ0) is 23.3. The summed E-state index contributed by atoms with van der Waals surface area (Å²) in [4.78, 5) is 13.3. The van der Waals surface area contributed by atoms with E-state index in [4.69, 9.17) is 0 Å². The van der Waals surface area contributed by atoms with E-state index in [0.717, 1.165) is 25.7 Å². The van der Waals surface area contributed by atoms with Crippen LogP contribution in [-0.2, 0) is 4.79 Å². The van der Waals surface area contributed by atoms with Gasteiger partial charge in [-0.2, -0.15) is 15.3 Å². The molecular formula is C26H41N3O3. The normalized spacial score (nSPS) is 45.6. The number of carbonyl (C=O) groups is 1. The van der Waals surface area contributed by atoms with Crippen LogP contribution < -0.4 is 0 Å². The molecule has 0 aromatic rings. The highest BCUT2D eigenvalue weighted by Crippen LogP contribution is 2.66. The van der Waals surface area contributed by atoms with Gasteiger partial charge in [0.25, 0.3) is 0 Å². The van der Waals surface area contributed by atoms with Gasteiger partial charge >= 0.3 is 0 Å². The number of aliphatic hydroxyl groups is 2. The Bertz CT molecular complexity index is 821. The number of hydrogen-bond donors (Lipinski definition) is 2. The van der Waals surface area contributed by atoms with E-state index < -0.39 is 5.60 Å². The highest BCUT2D eigenvalue weighted by Gasteiger charge is 2.60. The third-order valence-electron chi connectivity index (χ3n) is 9.79. The lowest BCUT2D eigenvalue weighted by atomic mass is 9.43. The van der Waals surface area contributed by atoms with E-state index in [-0.39, 0.29) is 30.3 Å². The van der Waals surface area contributed by atoms with Crippen molar-refractivity contribution in [3.63, 3.8) is 0 Å². The number of nitrogens with zero attached hydrogens (tertiary/aromatic N) is 3. The number of aliphatic hydroxyl groups excluding tert-OH is 1. The van der Waals surface area contributed by atoms with E-state index in [1.54, 1.807) is 6.92 Å². The van der Waals surface area contributed by atoms with E-state index in [0.29, 0.717) is 34.8 Å². The van der Waals surface area contributed by atoms with Crippen LogP contribution in [0.1, 0.15) is 72.6 Å². The molecule has 0 saturated heterocycles. The maximum Gasteiger partial charge on any atom is 0.163 e. The molecule has 0 bridgehead atoms. The first-order valence-electron chi connectivity index (χ1n) is 12.4. The van der Waals surface area contributed by atoms with Gasteiger partial charge in [-0.25, -0.2) is 0 Å². The smallest absolute Gasteiger partial charge is 0.163 e. The molecule has 0 aromatic heterocycles. The summed E-state index contributed by atoms with van der Waals surface area (Å²) >= 11 is 0. The summed E-state index contributed by atoms with van der Waals surface area (Å²) in [6.45, 7) is 12.0. The van der Waals surface area contributed by atoms with Gasteiger partial charge in [-0.1, -0.05) is 26.0 Å². The molecule has 2 N–H and O–H groups in total. The summed E-state index contributed by atoms with van der Waals surface area (Å²) in [7, 11) is 0. The molecule has 0 aliphatic heterocycles. The molecule has 178 valence electrons. The Morgan fingerprint density at radius 3 is 2.56 bits per heavy atom. The molecule has 6 heteroatoms. The van der Waals surface area contributed by atoms with Crippen LogP contribution in [-0.4, -0.2) is 52.3 Å². The van der Waals surface area contributed by atoms with Gasteiger partial charge in [-0.05, 0) is 93.3 Å². The Labute approximate surface area is 192 Å². The van der Waals surface area contributed by atoms with E-state index in [1.165, 1.54) is 24.4 Å². The number of carbonyl (C=O) groups excluding carboxylic acids is 1. The molecule has 6 nitrogen and oxygen atoms in total. The number of fused-ring (bicyclic) bond motifs is 5. The van der Waals surface area contributed by atoms with Crippen molar-refractivity contribution in [3.8, 4) is 0 Å². The van der Waals surface area contributed by atoms with Gasteiger partial charge in [0.15, 0.2) is 5.78 Å². The lowest BCUT2D eigenvalue weighted by Crippen LogP contribution is -2.56. The zero-order valence-corrected chi connectivity index (χ0v) is 20.3. The van der Waals surface area contributed by atoms with Crippen LogP contribution in [0.3, 0.4) is 0 Å². The first kappa shape index (κ1) is 23.6. The lowest BCUT2D eigenvalue weighted by molar-refractivity contribution is -0.147. The fourth-order valence-electron chi connectivity index (χ4n) is 7.94. The Hall–Kier alpha value is -1.53. The molecule has 0 unspecified atom stereocenters. The van der Waals surface area contributed by atoms with Gasteiger partial charge in [0.2, 0.25) is 0 Å². The average Bonchev–Trinajstić information content (AvgIpc) is 3.10. The second kappa shape index (κ2) is 8.35. The summed E-state index contributed by atoms with van der Waals surface area (Å²) in [5, 5.41) is 29.3. The van der Waals surface area contributed by atoms with Crippen LogP contribution in [0.15, 0.2) is 22.4 Å². The number of allylic oxidation sites excluding steroid dienone is 2. The van der Waals surface area contributed by atoms with E-state index in [9.17, 15) is 15.0 Å². The SMILES string of the molecule is C=NN(CC(=O)[C@H]1C=C[C@H]2[C@@H]3CC[C@@H]4C[C@](C)(O)CC[C@]4(C)[C@H]3CC[C@]12C)/N=C(\C)CO.